The molecule has 5 rings (SSSR count). The molecule has 1 aliphatic heterocycles. The molecule has 0 unspecified atom stereocenters. The van der Waals surface area contributed by atoms with E-state index in [0.29, 0.717) is 47.3 Å². The summed E-state index contributed by atoms with van der Waals surface area (Å²) in [6, 6.07) is 30.0. The summed E-state index contributed by atoms with van der Waals surface area (Å²) in [6.45, 7) is 6.29. The molecule has 1 heterocycles. The van der Waals surface area contributed by atoms with E-state index < -0.39 is 35.2 Å². The van der Waals surface area contributed by atoms with E-state index in [1.165, 1.54) is 14.2 Å². The Morgan fingerprint density at radius 1 is 0.750 bits per heavy atom. The second-order valence-corrected chi connectivity index (χ2v) is 12.9. The molecule has 0 spiro atoms. The van der Waals surface area contributed by atoms with Crippen LogP contribution in [0.5, 0.6) is 23.0 Å². The van der Waals surface area contributed by atoms with Crippen molar-refractivity contribution in [2.45, 2.75) is 58.7 Å². The normalized spacial score (nSPS) is 18.1. The number of benzene rings is 4. The number of carboxylic acid groups (broad SMARTS) is 1. The van der Waals surface area contributed by atoms with Gasteiger partial charge in [-0.25, -0.2) is 4.79 Å². The van der Waals surface area contributed by atoms with Gasteiger partial charge in [-0.2, -0.15) is 0 Å². The van der Waals surface area contributed by atoms with Gasteiger partial charge in [0.1, 0.15) is 19.1 Å². The largest absolute Gasteiger partial charge is 0.493 e. The average Bonchev–Trinajstić information content (AvgIpc) is 3.43. The van der Waals surface area contributed by atoms with Crippen LogP contribution in [0.15, 0.2) is 97.1 Å². The number of aliphatic carboxylic acids is 1. The summed E-state index contributed by atoms with van der Waals surface area (Å²) < 4.78 is 35.5. The first kappa shape index (κ1) is 34.3. The van der Waals surface area contributed by atoms with Crippen LogP contribution in [-0.4, -0.2) is 43.2 Å². The number of carboxylic acids is 1. The molecule has 9 nitrogen and oxygen atoms in total. The molecular formula is C39H42O9. The first-order valence-corrected chi connectivity index (χ1v) is 15.8. The molecule has 9 heteroatoms. The predicted octanol–water partition coefficient (Wildman–Crippen LogP) is 7.03. The van der Waals surface area contributed by atoms with Crippen molar-refractivity contribution in [3.05, 3.63) is 119 Å². The maximum Gasteiger partial charge on any atom is 0.342 e. The van der Waals surface area contributed by atoms with Gasteiger partial charge in [-0.3, -0.25) is 4.79 Å². The molecule has 3 atom stereocenters. The lowest BCUT2D eigenvalue weighted by atomic mass is 9.78. The second kappa shape index (κ2) is 14.8. The van der Waals surface area contributed by atoms with E-state index in [0.717, 1.165) is 11.1 Å². The highest BCUT2D eigenvalue weighted by Crippen LogP contribution is 2.44. The van der Waals surface area contributed by atoms with Crippen molar-refractivity contribution in [1.29, 1.82) is 0 Å². The van der Waals surface area contributed by atoms with Gasteiger partial charge in [-0.1, -0.05) is 93.6 Å². The van der Waals surface area contributed by atoms with Crippen molar-refractivity contribution in [1.82, 2.24) is 0 Å². The molecule has 0 aliphatic carbocycles. The highest BCUT2D eigenvalue weighted by atomic mass is 16.8. The van der Waals surface area contributed by atoms with Gasteiger partial charge in [0.25, 0.3) is 0 Å². The Morgan fingerprint density at radius 3 is 1.71 bits per heavy atom. The zero-order chi connectivity index (χ0) is 34.3. The Hall–Kier alpha value is -5.02. The monoisotopic (exact) mass is 654 g/mol. The van der Waals surface area contributed by atoms with Crippen molar-refractivity contribution in [2.75, 3.05) is 14.2 Å². The van der Waals surface area contributed by atoms with Crippen LogP contribution in [0.4, 0.5) is 0 Å². The van der Waals surface area contributed by atoms with E-state index in [-0.39, 0.29) is 12.8 Å². The fraction of sp³-hybridized carbons (Fsp3) is 0.333. The smallest absolute Gasteiger partial charge is 0.342 e. The van der Waals surface area contributed by atoms with Crippen molar-refractivity contribution in [2.24, 2.45) is 11.3 Å². The minimum Gasteiger partial charge on any atom is -0.493 e. The third-order valence-corrected chi connectivity index (χ3v) is 8.28. The SMILES string of the molecule is COc1cc(C[C@@H](C(=O)O)[C@]2(Cc3ccc(OCc4ccccc4)c(OC)c3)O[C@H](C(C)(C)C)OC2=O)ccc1OCc1ccccc1. The Kier molecular flexibility index (Phi) is 10.6. The minimum atomic E-state index is -1.84. The van der Waals surface area contributed by atoms with Crippen LogP contribution >= 0.6 is 0 Å². The third kappa shape index (κ3) is 7.91. The average molecular weight is 655 g/mol. The first-order chi connectivity index (χ1) is 23.0. The fourth-order valence-corrected chi connectivity index (χ4v) is 5.64. The Balaban J connectivity index is 1.44. The van der Waals surface area contributed by atoms with Gasteiger partial charge in [0.05, 0.1) is 14.2 Å². The number of carbonyl (C=O) groups is 2. The number of rotatable bonds is 14. The van der Waals surface area contributed by atoms with Crippen LogP contribution in [-0.2, 0) is 45.1 Å². The van der Waals surface area contributed by atoms with Crippen LogP contribution in [0.3, 0.4) is 0 Å². The van der Waals surface area contributed by atoms with E-state index in [1.54, 1.807) is 36.4 Å². The number of hydrogen-bond donors (Lipinski definition) is 1. The van der Waals surface area contributed by atoms with Gasteiger partial charge < -0.3 is 33.5 Å². The summed E-state index contributed by atoms with van der Waals surface area (Å²) >= 11 is 0. The number of ether oxygens (including phenoxy) is 6. The molecule has 1 saturated heterocycles. The zero-order valence-corrected chi connectivity index (χ0v) is 27.9. The third-order valence-electron chi connectivity index (χ3n) is 8.28. The summed E-state index contributed by atoms with van der Waals surface area (Å²) in [5, 5.41) is 10.7. The molecule has 4 aromatic rings. The first-order valence-electron chi connectivity index (χ1n) is 15.8. The molecule has 0 amide bonds. The molecule has 1 fully saturated rings. The second-order valence-electron chi connectivity index (χ2n) is 12.9. The molecule has 48 heavy (non-hydrogen) atoms. The lowest BCUT2D eigenvalue weighted by Crippen LogP contribution is -2.51. The van der Waals surface area contributed by atoms with Gasteiger partial charge in [-0.15, -0.1) is 0 Å². The summed E-state index contributed by atoms with van der Waals surface area (Å²) in [7, 11) is 3.05. The molecule has 1 N–H and O–H groups in total. The molecule has 0 bridgehead atoms. The summed E-state index contributed by atoms with van der Waals surface area (Å²) in [5.41, 5.74) is 0.803. The standard InChI is InChI=1S/C39H42O9/c1-38(2,3)37-47-36(42)39(48-37,23-29-17-19-32(34(22-29)44-5)46-25-27-14-10-7-11-15-27)30(35(40)41)20-28-16-18-31(33(21-28)43-4)45-24-26-12-8-6-9-13-26/h6-19,21-22,30,37H,20,23-25H2,1-5H3,(H,40,41)/t30-,37+,39-/m0/s1. The Bertz CT molecular complexity index is 1700. The zero-order valence-electron chi connectivity index (χ0n) is 27.9. The summed E-state index contributed by atoms with van der Waals surface area (Å²) in [4.78, 5) is 26.9. The minimum absolute atomic E-state index is 0.0357. The highest BCUT2D eigenvalue weighted by Gasteiger charge is 2.60. The number of cyclic esters (lactones) is 1. The van der Waals surface area contributed by atoms with Gasteiger partial charge in [-0.05, 0) is 52.9 Å². The fourth-order valence-electron chi connectivity index (χ4n) is 5.64. The van der Waals surface area contributed by atoms with E-state index in [1.807, 2.05) is 81.4 Å². The van der Waals surface area contributed by atoms with Gasteiger partial charge in [0.2, 0.25) is 6.29 Å². The van der Waals surface area contributed by atoms with Gasteiger partial charge in [0.15, 0.2) is 28.6 Å². The lowest BCUT2D eigenvalue weighted by Gasteiger charge is -2.33. The summed E-state index contributed by atoms with van der Waals surface area (Å²) in [5.74, 6) is -1.32. The Labute approximate surface area is 281 Å². The lowest BCUT2D eigenvalue weighted by molar-refractivity contribution is -0.173. The van der Waals surface area contributed by atoms with Crippen molar-refractivity contribution >= 4 is 11.9 Å². The maximum atomic E-state index is 13.9. The van der Waals surface area contributed by atoms with Crippen LogP contribution in [0.25, 0.3) is 0 Å². The van der Waals surface area contributed by atoms with Crippen LogP contribution < -0.4 is 18.9 Å². The molecule has 0 radical (unpaired) electrons. The Morgan fingerprint density at radius 2 is 1.25 bits per heavy atom. The van der Waals surface area contributed by atoms with Gasteiger partial charge >= 0.3 is 11.9 Å². The molecular weight excluding hydrogens is 612 g/mol. The van der Waals surface area contributed by atoms with E-state index in [2.05, 4.69) is 0 Å². The number of methoxy groups -OCH3 is 2. The number of carbonyl (C=O) groups excluding carboxylic acids is 1. The highest BCUT2D eigenvalue weighted by molar-refractivity contribution is 5.89. The van der Waals surface area contributed by atoms with Crippen molar-refractivity contribution in [3.63, 3.8) is 0 Å². The molecule has 4 aromatic carbocycles. The molecule has 0 aromatic heterocycles. The number of hydrogen-bond acceptors (Lipinski definition) is 8. The number of esters is 1. The van der Waals surface area contributed by atoms with E-state index in [9.17, 15) is 14.7 Å². The molecule has 252 valence electrons. The van der Waals surface area contributed by atoms with E-state index >= 15 is 0 Å². The maximum absolute atomic E-state index is 13.9. The van der Waals surface area contributed by atoms with E-state index in [4.69, 9.17) is 28.4 Å². The molecule has 1 aliphatic rings. The van der Waals surface area contributed by atoms with Crippen LogP contribution in [0, 0.1) is 11.3 Å². The van der Waals surface area contributed by atoms with Crippen LogP contribution in [0.2, 0.25) is 0 Å². The quantitative estimate of drug-likeness (QED) is 0.143. The summed E-state index contributed by atoms with van der Waals surface area (Å²) in [6.07, 6.45) is -1.06. The topological polar surface area (TPSA) is 110 Å². The van der Waals surface area contributed by atoms with Crippen molar-refractivity contribution < 1.29 is 43.1 Å². The predicted molar refractivity (Wildman–Crippen MR) is 179 cm³/mol. The van der Waals surface area contributed by atoms with Crippen molar-refractivity contribution in [3.8, 4) is 23.0 Å². The molecule has 0 saturated carbocycles. The van der Waals surface area contributed by atoms with Crippen LogP contribution in [0.1, 0.15) is 43.0 Å². The van der Waals surface area contributed by atoms with Gasteiger partial charge in [0, 0.05) is 11.8 Å².